The van der Waals surface area contributed by atoms with E-state index in [0.29, 0.717) is 6.04 Å². The Balaban J connectivity index is 2.25. The van der Waals surface area contributed by atoms with Gasteiger partial charge in [-0.25, -0.2) is 0 Å². The molecule has 0 aromatic heterocycles. The number of hydrogen-bond acceptors (Lipinski definition) is 2. The van der Waals surface area contributed by atoms with Crippen LogP contribution in [0.1, 0.15) is 64.5 Å². The minimum absolute atomic E-state index is 0.106. The molecule has 0 spiro atoms. The summed E-state index contributed by atoms with van der Waals surface area (Å²) in [6, 6.07) is 9.54. The van der Waals surface area contributed by atoms with E-state index < -0.39 is 0 Å². The smallest absolute Gasteiger partial charge is 0.0417 e. The Kier molecular flexibility index (Phi) is 5.47. The first-order chi connectivity index (χ1) is 9.59. The second kappa shape index (κ2) is 7.12. The van der Waals surface area contributed by atoms with Gasteiger partial charge in [-0.05, 0) is 43.7 Å². The molecule has 20 heavy (non-hydrogen) atoms. The predicted octanol–water partition coefficient (Wildman–Crippen LogP) is 4.50. The summed E-state index contributed by atoms with van der Waals surface area (Å²) in [5, 5.41) is 0. The summed E-state index contributed by atoms with van der Waals surface area (Å²) in [7, 11) is 0. The summed E-state index contributed by atoms with van der Waals surface area (Å²) in [4.78, 5) is 2.64. The highest BCUT2D eigenvalue weighted by atomic mass is 15.2. The fourth-order valence-electron chi connectivity index (χ4n) is 3.25. The van der Waals surface area contributed by atoms with E-state index in [-0.39, 0.29) is 6.04 Å². The third-order valence-corrected chi connectivity index (χ3v) is 4.45. The van der Waals surface area contributed by atoms with Crippen molar-refractivity contribution in [2.75, 3.05) is 11.4 Å². The summed E-state index contributed by atoms with van der Waals surface area (Å²) in [5.74, 6) is 0.751. The molecule has 2 rings (SSSR count). The van der Waals surface area contributed by atoms with Crippen LogP contribution in [0.2, 0.25) is 0 Å². The van der Waals surface area contributed by atoms with Crippen LogP contribution in [-0.2, 0) is 0 Å². The summed E-state index contributed by atoms with van der Waals surface area (Å²) >= 11 is 0. The fourth-order valence-corrected chi connectivity index (χ4v) is 3.25. The maximum Gasteiger partial charge on any atom is 0.0417 e. The maximum absolute atomic E-state index is 6.18. The van der Waals surface area contributed by atoms with Crippen LogP contribution in [0.4, 0.5) is 5.69 Å². The summed E-state index contributed by atoms with van der Waals surface area (Å²) in [6.45, 7) is 7.87. The van der Waals surface area contributed by atoms with Crippen molar-refractivity contribution in [3.8, 4) is 0 Å². The Labute approximate surface area is 124 Å². The third-order valence-electron chi connectivity index (χ3n) is 4.45. The minimum Gasteiger partial charge on any atom is -0.368 e. The van der Waals surface area contributed by atoms with Gasteiger partial charge in [-0.1, -0.05) is 44.9 Å². The lowest BCUT2D eigenvalue weighted by molar-refractivity contribution is 0.526. The van der Waals surface area contributed by atoms with Crippen molar-refractivity contribution in [3.63, 3.8) is 0 Å². The molecule has 112 valence electrons. The van der Waals surface area contributed by atoms with Crippen LogP contribution in [0.25, 0.3) is 0 Å². The molecular weight excluding hydrogens is 244 g/mol. The van der Waals surface area contributed by atoms with Crippen LogP contribution >= 0.6 is 0 Å². The molecule has 0 bridgehead atoms. The second-order valence-corrected chi connectivity index (χ2v) is 6.66. The Morgan fingerprint density at radius 2 is 1.80 bits per heavy atom. The zero-order chi connectivity index (χ0) is 14.5. The van der Waals surface area contributed by atoms with Gasteiger partial charge in [0.15, 0.2) is 0 Å². The Morgan fingerprint density at radius 3 is 2.40 bits per heavy atom. The van der Waals surface area contributed by atoms with Gasteiger partial charge in [-0.3, -0.25) is 0 Å². The van der Waals surface area contributed by atoms with Crippen molar-refractivity contribution >= 4 is 5.69 Å². The van der Waals surface area contributed by atoms with Crippen molar-refractivity contribution in [1.82, 2.24) is 0 Å². The normalized spacial score (nSPS) is 17.6. The molecule has 1 aliphatic carbocycles. The number of benzene rings is 1. The Morgan fingerprint density at radius 1 is 1.15 bits per heavy atom. The van der Waals surface area contributed by atoms with Crippen molar-refractivity contribution in [2.45, 2.75) is 65.0 Å². The lowest BCUT2D eigenvalue weighted by atomic mass is 10.0. The number of rotatable bonds is 6. The molecule has 1 atom stereocenters. The van der Waals surface area contributed by atoms with E-state index in [2.05, 4.69) is 49.9 Å². The molecule has 1 aromatic carbocycles. The largest absolute Gasteiger partial charge is 0.368 e. The van der Waals surface area contributed by atoms with Gasteiger partial charge in [0.1, 0.15) is 0 Å². The van der Waals surface area contributed by atoms with Crippen LogP contribution in [0, 0.1) is 5.92 Å². The first kappa shape index (κ1) is 15.4. The average Bonchev–Trinajstić information content (AvgIpc) is 2.93. The second-order valence-electron chi connectivity index (χ2n) is 6.66. The molecule has 1 fully saturated rings. The van der Waals surface area contributed by atoms with Crippen molar-refractivity contribution in [2.24, 2.45) is 11.7 Å². The molecule has 0 unspecified atom stereocenters. The fraction of sp³-hybridized carbons (Fsp3) is 0.667. The highest BCUT2D eigenvalue weighted by Gasteiger charge is 2.24. The van der Waals surface area contributed by atoms with Crippen LogP contribution in [0.3, 0.4) is 0 Å². The number of anilines is 1. The number of para-hydroxylation sites is 1. The molecule has 1 aliphatic rings. The first-order valence-corrected chi connectivity index (χ1v) is 8.20. The Hall–Kier alpha value is -1.02. The van der Waals surface area contributed by atoms with E-state index in [4.69, 9.17) is 5.73 Å². The summed E-state index contributed by atoms with van der Waals surface area (Å²) < 4.78 is 0. The third kappa shape index (κ3) is 3.76. The van der Waals surface area contributed by atoms with E-state index >= 15 is 0 Å². The first-order valence-electron chi connectivity index (χ1n) is 8.20. The highest BCUT2D eigenvalue weighted by molar-refractivity contribution is 5.55. The quantitative estimate of drug-likeness (QED) is 0.827. The molecular formula is C18H30N2. The molecule has 0 heterocycles. The van der Waals surface area contributed by atoms with Gasteiger partial charge in [-0.2, -0.15) is 0 Å². The van der Waals surface area contributed by atoms with E-state index in [1.54, 1.807) is 0 Å². The number of nitrogens with zero attached hydrogens (tertiary/aromatic N) is 1. The zero-order valence-corrected chi connectivity index (χ0v) is 13.3. The standard InChI is InChI=1S/C18H30N2/c1-14(2)12-13-20(16-8-4-5-9-16)18-11-7-6-10-17(18)15(3)19/h6-7,10-11,14-16H,4-5,8-9,12-13,19H2,1-3H3/t15-/m0/s1. The molecule has 0 aliphatic heterocycles. The van der Waals surface area contributed by atoms with Crippen molar-refractivity contribution < 1.29 is 0 Å². The zero-order valence-electron chi connectivity index (χ0n) is 13.3. The van der Waals surface area contributed by atoms with Crippen molar-refractivity contribution in [3.05, 3.63) is 29.8 Å². The van der Waals surface area contributed by atoms with E-state index in [0.717, 1.165) is 12.5 Å². The summed E-state index contributed by atoms with van der Waals surface area (Å²) in [6.07, 6.45) is 6.69. The lowest BCUT2D eigenvalue weighted by Crippen LogP contribution is -2.36. The van der Waals surface area contributed by atoms with Crippen LogP contribution in [-0.4, -0.2) is 12.6 Å². The molecule has 2 N–H and O–H groups in total. The average molecular weight is 274 g/mol. The van der Waals surface area contributed by atoms with Gasteiger partial charge in [0.2, 0.25) is 0 Å². The number of hydrogen-bond donors (Lipinski definition) is 1. The molecule has 0 radical (unpaired) electrons. The molecule has 0 saturated heterocycles. The van der Waals surface area contributed by atoms with E-state index in [1.807, 2.05) is 0 Å². The SMILES string of the molecule is CC(C)CCN(c1ccccc1[C@H](C)N)C1CCCC1. The van der Waals surface area contributed by atoms with Crippen LogP contribution in [0.5, 0.6) is 0 Å². The lowest BCUT2D eigenvalue weighted by Gasteiger charge is -2.34. The molecule has 2 heteroatoms. The molecule has 1 saturated carbocycles. The van der Waals surface area contributed by atoms with Crippen LogP contribution in [0.15, 0.2) is 24.3 Å². The van der Waals surface area contributed by atoms with Gasteiger partial charge < -0.3 is 10.6 Å². The molecule has 1 aromatic rings. The topological polar surface area (TPSA) is 29.3 Å². The molecule has 0 amide bonds. The predicted molar refractivity (Wildman–Crippen MR) is 88.1 cm³/mol. The number of nitrogens with two attached hydrogens (primary N) is 1. The Bertz CT molecular complexity index is 406. The van der Waals surface area contributed by atoms with Crippen molar-refractivity contribution in [1.29, 1.82) is 0 Å². The highest BCUT2D eigenvalue weighted by Crippen LogP contribution is 2.32. The van der Waals surface area contributed by atoms with Crippen LogP contribution < -0.4 is 10.6 Å². The minimum atomic E-state index is 0.106. The monoisotopic (exact) mass is 274 g/mol. The van der Waals surface area contributed by atoms with Gasteiger partial charge in [0, 0.05) is 24.3 Å². The van der Waals surface area contributed by atoms with Gasteiger partial charge in [0.05, 0.1) is 0 Å². The maximum atomic E-state index is 6.18. The van der Waals surface area contributed by atoms with Gasteiger partial charge in [0.25, 0.3) is 0 Å². The molecule has 2 nitrogen and oxygen atoms in total. The van der Waals surface area contributed by atoms with E-state index in [9.17, 15) is 0 Å². The van der Waals surface area contributed by atoms with Gasteiger partial charge >= 0.3 is 0 Å². The summed E-state index contributed by atoms with van der Waals surface area (Å²) in [5.41, 5.74) is 8.85. The van der Waals surface area contributed by atoms with E-state index in [1.165, 1.54) is 43.4 Å². The van der Waals surface area contributed by atoms with Gasteiger partial charge in [-0.15, -0.1) is 0 Å².